The van der Waals surface area contributed by atoms with Gasteiger partial charge in [0.15, 0.2) is 0 Å². The van der Waals surface area contributed by atoms with Gasteiger partial charge >= 0.3 is 0 Å². The van der Waals surface area contributed by atoms with Crippen molar-refractivity contribution in [2.24, 2.45) is 0 Å². The first-order chi connectivity index (χ1) is 6.68. The highest BCUT2D eigenvalue weighted by molar-refractivity contribution is 6.29. The second-order valence-corrected chi connectivity index (χ2v) is 3.97. The van der Waals surface area contributed by atoms with Crippen molar-refractivity contribution in [3.63, 3.8) is 0 Å². The van der Waals surface area contributed by atoms with Gasteiger partial charge in [-0.2, -0.15) is 0 Å². The Labute approximate surface area is 88.0 Å². The summed E-state index contributed by atoms with van der Waals surface area (Å²) in [5.74, 6) is 0.433. The van der Waals surface area contributed by atoms with Crippen molar-refractivity contribution in [1.82, 2.24) is 9.97 Å². The van der Waals surface area contributed by atoms with Crippen LogP contribution in [0.2, 0.25) is 5.15 Å². The number of aromatic nitrogens is 2. The minimum absolute atomic E-state index is 0.433. The summed E-state index contributed by atoms with van der Waals surface area (Å²) in [6, 6.07) is 3.79. The van der Waals surface area contributed by atoms with E-state index in [1.165, 1.54) is 5.56 Å². The molecule has 72 valence electrons. The summed E-state index contributed by atoms with van der Waals surface area (Å²) in [6.45, 7) is 4.27. The first kappa shape index (κ1) is 9.41. The number of rotatable bonds is 1. The quantitative estimate of drug-likeness (QED) is 0.669. The largest absolute Gasteiger partial charge is 0.264 e. The fourth-order valence-corrected chi connectivity index (χ4v) is 1.75. The topological polar surface area (TPSA) is 25.8 Å². The van der Waals surface area contributed by atoms with Gasteiger partial charge in [0, 0.05) is 17.8 Å². The van der Waals surface area contributed by atoms with Gasteiger partial charge in [-0.25, -0.2) is 4.98 Å². The van der Waals surface area contributed by atoms with Gasteiger partial charge in [0.05, 0.1) is 5.52 Å². The predicted molar refractivity (Wildman–Crippen MR) is 58.6 cm³/mol. The summed E-state index contributed by atoms with van der Waals surface area (Å²) in [7, 11) is 0. The Morgan fingerprint density at radius 3 is 2.86 bits per heavy atom. The molecule has 0 aromatic carbocycles. The van der Waals surface area contributed by atoms with E-state index in [4.69, 9.17) is 11.6 Å². The smallest absolute Gasteiger partial charge is 0.130 e. The molecule has 0 fully saturated rings. The van der Waals surface area contributed by atoms with Crippen LogP contribution in [0.5, 0.6) is 0 Å². The average Bonchev–Trinajstić information content (AvgIpc) is 2.16. The highest BCUT2D eigenvalue weighted by Crippen LogP contribution is 2.25. The van der Waals surface area contributed by atoms with Crippen LogP contribution < -0.4 is 0 Å². The number of fused-ring (bicyclic) bond motifs is 1. The fourth-order valence-electron chi connectivity index (χ4n) is 1.54. The van der Waals surface area contributed by atoms with Crippen molar-refractivity contribution in [2.45, 2.75) is 19.8 Å². The van der Waals surface area contributed by atoms with Crippen LogP contribution >= 0.6 is 11.6 Å². The molecule has 0 aliphatic rings. The molecule has 2 nitrogen and oxygen atoms in total. The molecule has 2 aromatic heterocycles. The third-order valence-electron chi connectivity index (χ3n) is 2.23. The number of halogens is 1. The molecular formula is C11H11ClN2. The molecule has 0 aliphatic carbocycles. The molecule has 0 radical (unpaired) electrons. The molecule has 0 aliphatic heterocycles. The minimum Gasteiger partial charge on any atom is -0.264 e. The van der Waals surface area contributed by atoms with E-state index in [1.807, 2.05) is 18.3 Å². The van der Waals surface area contributed by atoms with Crippen LogP contribution in [0.1, 0.15) is 25.3 Å². The van der Waals surface area contributed by atoms with Crippen LogP contribution in [0.3, 0.4) is 0 Å². The van der Waals surface area contributed by atoms with E-state index in [2.05, 4.69) is 23.8 Å². The van der Waals surface area contributed by atoms with E-state index in [9.17, 15) is 0 Å². The summed E-state index contributed by atoms with van der Waals surface area (Å²) < 4.78 is 0. The lowest BCUT2D eigenvalue weighted by Crippen LogP contribution is -1.92. The van der Waals surface area contributed by atoms with E-state index < -0.39 is 0 Å². The van der Waals surface area contributed by atoms with Gasteiger partial charge in [0.25, 0.3) is 0 Å². The van der Waals surface area contributed by atoms with Gasteiger partial charge in [0.1, 0.15) is 5.15 Å². The Morgan fingerprint density at radius 1 is 1.36 bits per heavy atom. The van der Waals surface area contributed by atoms with Crippen LogP contribution in [0.4, 0.5) is 0 Å². The maximum Gasteiger partial charge on any atom is 0.130 e. The molecule has 0 amide bonds. The van der Waals surface area contributed by atoms with Crippen LogP contribution in [-0.4, -0.2) is 9.97 Å². The zero-order valence-electron chi connectivity index (χ0n) is 8.16. The summed E-state index contributed by atoms with van der Waals surface area (Å²) in [5.41, 5.74) is 2.12. The minimum atomic E-state index is 0.433. The van der Waals surface area contributed by atoms with Crippen molar-refractivity contribution in [3.05, 3.63) is 35.2 Å². The summed E-state index contributed by atoms with van der Waals surface area (Å²) in [4.78, 5) is 8.35. The molecule has 0 bridgehead atoms. The highest BCUT2D eigenvalue weighted by atomic mass is 35.5. The van der Waals surface area contributed by atoms with Crippen LogP contribution in [0, 0.1) is 0 Å². The third-order valence-corrected chi connectivity index (χ3v) is 2.43. The standard InChI is InChI=1S/C11H11ClN2/c1-7(2)8-5-11(12)14-10-3-4-13-6-9(8)10/h3-7H,1-2H3. The summed E-state index contributed by atoms with van der Waals surface area (Å²) >= 11 is 5.94. The van der Waals surface area contributed by atoms with Crippen LogP contribution in [0.25, 0.3) is 10.9 Å². The Bertz CT molecular complexity index is 466. The van der Waals surface area contributed by atoms with Crippen molar-refractivity contribution < 1.29 is 0 Å². The second kappa shape index (κ2) is 3.54. The molecule has 0 spiro atoms. The molecule has 0 atom stereocenters. The Balaban J connectivity index is 2.80. The van der Waals surface area contributed by atoms with Crippen molar-refractivity contribution in [3.8, 4) is 0 Å². The maximum absolute atomic E-state index is 5.94. The predicted octanol–water partition coefficient (Wildman–Crippen LogP) is 3.41. The lowest BCUT2D eigenvalue weighted by molar-refractivity contribution is 0.873. The lowest BCUT2D eigenvalue weighted by Gasteiger charge is -2.09. The number of hydrogen-bond acceptors (Lipinski definition) is 2. The molecule has 2 aromatic rings. The first-order valence-corrected chi connectivity index (χ1v) is 4.96. The van der Waals surface area contributed by atoms with Gasteiger partial charge in [-0.3, -0.25) is 4.98 Å². The Morgan fingerprint density at radius 2 is 2.14 bits per heavy atom. The second-order valence-electron chi connectivity index (χ2n) is 3.58. The lowest BCUT2D eigenvalue weighted by atomic mass is 10.0. The van der Waals surface area contributed by atoms with E-state index >= 15 is 0 Å². The van der Waals surface area contributed by atoms with Gasteiger partial charge in [0.2, 0.25) is 0 Å². The first-order valence-electron chi connectivity index (χ1n) is 4.58. The normalized spacial score (nSPS) is 11.1. The molecule has 3 heteroatoms. The molecule has 14 heavy (non-hydrogen) atoms. The number of hydrogen-bond donors (Lipinski definition) is 0. The maximum atomic E-state index is 5.94. The van der Waals surface area contributed by atoms with Crippen LogP contribution in [-0.2, 0) is 0 Å². The summed E-state index contributed by atoms with van der Waals surface area (Å²) in [5, 5.41) is 1.64. The average molecular weight is 207 g/mol. The van der Waals surface area contributed by atoms with Crippen molar-refractivity contribution >= 4 is 22.5 Å². The Hall–Kier alpha value is -1.15. The molecule has 2 heterocycles. The molecule has 0 saturated heterocycles. The summed E-state index contributed by atoms with van der Waals surface area (Å²) in [6.07, 6.45) is 3.57. The number of pyridine rings is 2. The highest BCUT2D eigenvalue weighted by Gasteiger charge is 2.07. The SMILES string of the molecule is CC(C)c1cc(Cl)nc2ccncc12. The van der Waals surface area contributed by atoms with E-state index in [-0.39, 0.29) is 0 Å². The molecule has 2 rings (SSSR count). The van der Waals surface area contributed by atoms with Gasteiger partial charge < -0.3 is 0 Å². The zero-order chi connectivity index (χ0) is 10.1. The van der Waals surface area contributed by atoms with Gasteiger partial charge in [-0.1, -0.05) is 25.4 Å². The number of nitrogens with zero attached hydrogens (tertiary/aromatic N) is 2. The van der Waals surface area contributed by atoms with Crippen molar-refractivity contribution in [1.29, 1.82) is 0 Å². The van der Waals surface area contributed by atoms with E-state index in [0.29, 0.717) is 11.1 Å². The Kier molecular flexibility index (Phi) is 2.38. The van der Waals surface area contributed by atoms with Crippen molar-refractivity contribution in [2.75, 3.05) is 0 Å². The molecule has 0 unspecified atom stereocenters. The monoisotopic (exact) mass is 206 g/mol. The fraction of sp³-hybridized carbons (Fsp3) is 0.273. The molecular weight excluding hydrogens is 196 g/mol. The van der Waals surface area contributed by atoms with E-state index in [0.717, 1.165) is 10.9 Å². The molecule has 0 N–H and O–H groups in total. The third kappa shape index (κ3) is 1.58. The van der Waals surface area contributed by atoms with E-state index in [1.54, 1.807) is 6.20 Å². The van der Waals surface area contributed by atoms with Gasteiger partial charge in [-0.15, -0.1) is 0 Å². The van der Waals surface area contributed by atoms with Gasteiger partial charge in [-0.05, 0) is 23.6 Å². The van der Waals surface area contributed by atoms with Crippen LogP contribution in [0.15, 0.2) is 24.5 Å². The zero-order valence-corrected chi connectivity index (χ0v) is 8.92. The molecule has 0 saturated carbocycles.